The molecule has 0 bridgehead atoms. The molecule has 1 aromatic rings. The van der Waals surface area contributed by atoms with Gasteiger partial charge in [0.05, 0.1) is 6.20 Å². The number of halogens is 3. The normalized spacial score (nSPS) is 16.3. The third-order valence-corrected chi connectivity index (χ3v) is 2.73. The second-order valence-corrected chi connectivity index (χ2v) is 4.34. The highest BCUT2D eigenvalue weighted by Gasteiger charge is 2.58. The van der Waals surface area contributed by atoms with Crippen LogP contribution in [0.2, 0.25) is 0 Å². The number of carboxylic acids is 1. The molecule has 4 N–H and O–H groups in total. The van der Waals surface area contributed by atoms with Crippen molar-refractivity contribution in [1.82, 2.24) is 15.1 Å². The number of carbonyl (C=O) groups excluding carboxylic acids is 1. The van der Waals surface area contributed by atoms with Gasteiger partial charge in [0.1, 0.15) is 6.04 Å². The Bertz CT molecular complexity index is 528. The van der Waals surface area contributed by atoms with Gasteiger partial charge < -0.3 is 16.2 Å². The van der Waals surface area contributed by atoms with Gasteiger partial charge in [-0.25, -0.2) is 4.79 Å². The van der Waals surface area contributed by atoms with Crippen molar-refractivity contribution < 1.29 is 27.9 Å². The van der Waals surface area contributed by atoms with E-state index in [0.29, 0.717) is 6.92 Å². The number of aromatic nitrogens is 2. The molecule has 0 aromatic carbocycles. The van der Waals surface area contributed by atoms with Crippen molar-refractivity contribution in [3.63, 3.8) is 0 Å². The fourth-order valence-corrected chi connectivity index (χ4v) is 1.32. The Morgan fingerprint density at radius 1 is 1.50 bits per heavy atom. The largest absolute Gasteiger partial charge is 0.479 e. The Morgan fingerprint density at radius 3 is 2.40 bits per heavy atom. The SMILES string of the molecule is Cn1cc(C(N)C(=O)NC(C)(C(=O)O)C(F)(F)F)cn1. The predicted octanol–water partition coefficient (Wildman–Crippen LogP) is -0.0583. The average molecular weight is 294 g/mol. The first-order valence-corrected chi connectivity index (χ1v) is 5.35. The van der Waals surface area contributed by atoms with Crippen molar-refractivity contribution in [2.24, 2.45) is 12.8 Å². The number of rotatable bonds is 4. The molecule has 0 fully saturated rings. The van der Waals surface area contributed by atoms with E-state index in [1.54, 1.807) is 0 Å². The molecular formula is C10H13F3N4O3. The summed E-state index contributed by atoms with van der Waals surface area (Å²) in [5.41, 5.74) is 2.23. The topological polar surface area (TPSA) is 110 Å². The van der Waals surface area contributed by atoms with Gasteiger partial charge >= 0.3 is 12.1 Å². The fraction of sp³-hybridized carbons (Fsp3) is 0.500. The van der Waals surface area contributed by atoms with Crippen LogP contribution in [0.5, 0.6) is 0 Å². The number of aliphatic carboxylic acids is 1. The quantitative estimate of drug-likeness (QED) is 0.720. The third-order valence-electron chi connectivity index (χ3n) is 2.73. The molecule has 0 saturated heterocycles. The summed E-state index contributed by atoms with van der Waals surface area (Å²) in [6, 6.07) is -1.45. The lowest BCUT2D eigenvalue weighted by Crippen LogP contribution is -2.63. The summed E-state index contributed by atoms with van der Waals surface area (Å²) in [6.45, 7) is 0.350. The van der Waals surface area contributed by atoms with Gasteiger partial charge in [0.2, 0.25) is 11.4 Å². The zero-order valence-corrected chi connectivity index (χ0v) is 10.6. The number of amides is 1. The summed E-state index contributed by atoms with van der Waals surface area (Å²) in [5.74, 6) is -3.49. The molecular weight excluding hydrogens is 281 g/mol. The second kappa shape index (κ2) is 5.12. The van der Waals surface area contributed by atoms with Crippen molar-refractivity contribution in [3.8, 4) is 0 Å². The Kier molecular flexibility index (Phi) is 4.08. The van der Waals surface area contributed by atoms with Crippen LogP contribution in [0, 0.1) is 0 Å². The van der Waals surface area contributed by atoms with Crippen LogP contribution in [0.25, 0.3) is 0 Å². The average Bonchev–Trinajstić information content (AvgIpc) is 2.72. The number of nitrogens with zero attached hydrogens (tertiary/aromatic N) is 2. The van der Waals surface area contributed by atoms with Crippen molar-refractivity contribution in [2.75, 3.05) is 0 Å². The summed E-state index contributed by atoms with van der Waals surface area (Å²) in [4.78, 5) is 22.5. The first-order valence-electron chi connectivity index (χ1n) is 5.35. The maximum absolute atomic E-state index is 12.7. The van der Waals surface area contributed by atoms with Crippen LogP contribution in [0.1, 0.15) is 18.5 Å². The number of nitrogens with one attached hydrogen (secondary N) is 1. The highest BCUT2D eigenvalue weighted by molar-refractivity contribution is 5.90. The minimum atomic E-state index is -5.16. The van der Waals surface area contributed by atoms with Gasteiger partial charge in [-0.15, -0.1) is 0 Å². The molecule has 2 unspecified atom stereocenters. The molecule has 20 heavy (non-hydrogen) atoms. The van der Waals surface area contributed by atoms with Crippen molar-refractivity contribution in [3.05, 3.63) is 18.0 Å². The number of alkyl halides is 3. The van der Waals surface area contributed by atoms with Crippen molar-refractivity contribution in [2.45, 2.75) is 24.7 Å². The summed E-state index contributed by atoms with van der Waals surface area (Å²) >= 11 is 0. The standard InChI is InChI=1S/C10H13F3N4O3/c1-9(8(19)20,10(11,12)13)16-7(18)6(14)5-3-15-17(2)4-5/h3-4,6H,14H2,1-2H3,(H,16,18)(H,19,20). The molecule has 0 aliphatic heterocycles. The van der Waals surface area contributed by atoms with Crippen molar-refractivity contribution >= 4 is 11.9 Å². The Hall–Kier alpha value is -2.10. The van der Waals surface area contributed by atoms with E-state index in [4.69, 9.17) is 10.8 Å². The Morgan fingerprint density at radius 2 is 2.05 bits per heavy atom. The van der Waals surface area contributed by atoms with Gasteiger partial charge in [-0.2, -0.15) is 18.3 Å². The molecule has 0 radical (unpaired) electrons. The lowest BCUT2D eigenvalue weighted by atomic mass is 10.0. The summed E-state index contributed by atoms with van der Waals surface area (Å²) in [6.07, 6.45) is -2.62. The van der Waals surface area contributed by atoms with E-state index >= 15 is 0 Å². The van der Waals surface area contributed by atoms with Crippen LogP contribution in [0.15, 0.2) is 12.4 Å². The van der Waals surface area contributed by atoms with E-state index in [-0.39, 0.29) is 5.56 Å². The molecule has 112 valence electrons. The molecule has 1 amide bonds. The van der Waals surface area contributed by atoms with Gasteiger partial charge in [-0.05, 0) is 6.92 Å². The molecule has 2 atom stereocenters. The smallest absolute Gasteiger partial charge is 0.422 e. The minimum Gasteiger partial charge on any atom is -0.479 e. The second-order valence-electron chi connectivity index (χ2n) is 4.34. The monoisotopic (exact) mass is 294 g/mol. The molecule has 0 aliphatic rings. The molecule has 1 heterocycles. The molecule has 0 saturated carbocycles. The summed E-state index contributed by atoms with van der Waals surface area (Å²) in [5, 5.41) is 13.8. The third kappa shape index (κ3) is 2.90. The molecule has 1 aromatic heterocycles. The lowest BCUT2D eigenvalue weighted by Gasteiger charge is -2.29. The van der Waals surface area contributed by atoms with Crippen LogP contribution in [0.4, 0.5) is 13.2 Å². The van der Waals surface area contributed by atoms with E-state index in [0.717, 1.165) is 0 Å². The molecule has 10 heteroatoms. The number of carboxylic acid groups (broad SMARTS) is 1. The van der Waals surface area contributed by atoms with Crippen LogP contribution >= 0.6 is 0 Å². The molecule has 0 spiro atoms. The molecule has 1 rings (SSSR count). The van der Waals surface area contributed by atoms with Crippen LogP contribution in [-0.2, 0) is 16.6 Å². The van der Waals surface area contributed by atoms with Gasteiger partial charge in [0, 0.05) is 18.8 Å². The number of hydrogen-bond acceptors (Lipinski definition) is 4. The zero-order chi connectivity index (χ0) is 15.7. The summed E-state index contributed by atoms with van der Waals surface area (Å²) in [7, 11) is 1.53. The van der Waals surface area contributed by atoms with E-state index in [1.165, 1.54) is 29.4 Å². The van der Waals surface area contributed by atoms with Gasteiger partial charge in [-0.3, -0.25) is 9.48 Å². The highest BCUT2D eigenvalue weighted by atomic mass is 19.4. The first-order chi connectivity index (χ1) is 8.99. The number of aryl methyl sites for hydroxylation is 1. The maximum atomic E-state index is 12.7. The van der Waals surface area contributed by atoms with Crippen LogP contribution < -0.4 is 11.1 Å². The summed E-state index contributed by atoms with van der Waals surface area (Å²) < 4.78 is 39.5. The van der Waals surface area contributed by atoms with Crippen LogP contribution in [-0.4, -0.2) is 38.5 Å². The fourth-order valence-electron chi connectivity index (χ4n) is 1.32. The van der Waals surface area contributed by atoms with Crippen molar-refractivity contribution in [1.29, 1.82) is 0 Å². The van der Waals surface area contributed by atoms with E-state index in [9.17, 15) is 22.8 Å². The van der Waals surface area contributed by atoms with E-state index in [1.807, 2.05) is 0 Å². The number of nitrogens with two attached hydrogens (primary N) is 1. The molecule has 0 aliphatic carbocycles. The zero-order valence-electron chi connectivity index (χ0n) is 10.6. The predicted molar refractivity (Wildman–Crippen MR) is 60.4 cm³/mol. The molecule has 7 nitrogen and oxygen atoms in total. The maximum Gasteiger partial charge on any atom is 0.422 e. The highest BCUT2D eigenvalue weighted by Crippen LogP contribution is 2.30. The van der Waals surface area contributed by atoms with E-state index in [2.05, 4.69) is 5.10 Å². The van der Waals surface area contributed by atoms with Gasteiger partial charge in [0.25, 0.3) is 0 Å². The minimum absolute atomic E-state index is 0.167. The Balaban J connectivity index is 2.96. The van der Waals surface area contributed by atoms with Crippen LogP contribution in [0.3, 0.4) is 0 Å². The first kappa shape index (κ1) is 16.0. The van der Waals surface area contributed by atoms with Gasteiger partial charge in [-0.1, -0.05) is 0 Å². The number of hydrogen-bond donors (Lipinski definition) is 3. The number of carbonyl (C=O) groups is 2. The van der Waals surface area contributed by atoms with Gasteiger partial charge in [0.15, 0.2) is 0 Å². The van der Waals surface area contributed by atoms with E-state index < -0.39 is 29.6 Å². The Labute approximate surface area is 111 Å². The lowest BCUT2D eigenvalue weighted by molar-refractivity contribution is -0.207.